The maximum absolute atomic E-state index is 11.5. The predicted octanol–water partition coefficient (Wildman–Crippen LogP) is 0.227. The first-order chi connectivity index (χ1) is 8.24. The van der Waals surface area contributed by atoms with Crippen LogP contribution < -0.4 is 4.90 Å². The Balaban J connectivity index is 1.80. The van der Waals surface area contributed by atoms with E-state index in [2.05, 4.69) is 10.2 Å². The van der Waals surface area contributed by atoms with Crippen molar-refractivity contribution in [2.75, 3.05) is 18.1 Å². The van der Waals surface area contributed by atoms with E-state index in [9.17, 15) is 9.59 Å². The first kappa shape index (κ1) is 10.4. The van der Waals surface area contributed by atoms with Gasteiger partial charge in [0.1, 0.15) is 6.10 Å². The molecule has 1 atom stereocenters. The van der Waals surface area contributed by atoms with Crippen LogP contribution in [0.1, 0.15) is 31.3 Å². The Bertz CT molecular complexity index is 464. The number of hydrogen-bond donors (Lipinski definition) is 0. The van der Waals surface area contributed by atoms with Crippen LogP contribution in [0, 0.1) is 0 Å². The normalized spacial score (nSPS) is 24.9. The second-order valence-electron chi connectivity index (χ2n) is 4.12. The number of carbonyl (C=O) groups is 2. The topological polar surface area (TPSA) is 85.5 Å². The van der Waals surface area contributed by atoms with Crippen molar-refractivity contribution in [1.29, 1.82) is 0 Å². The lowest BCUT2D eigenvalue weighted by atomic mass is 10.2. The van der Waals surface area contributed by atoms with Crippen LogP contribution in [0.5, 0.6) is 0 Å². The molecular weight excluding hydrogens is 226 g/mol. The Kier molecular flexibility index (Phi) is 2.40. The van der Waals surface area contributed by atoms with Crippen molar-refractivity contribution in [1.82, 2.24) is 10.2 Å². The zero-order valence-corrected chi connectivity index (χ0v) is 9.09. The van der Waals surface area contributed by atoms with Gasteiger partial charge in [-0.2, -0.15) is 0 Å². The molecule has 0 aromatic carbocycles. The molecule has 3 rings (SSSR count). The van der Waals surface area contributed by atoms with E-state index in [-0.39, 0.29) is 36.8 Å². The number of carbonyl (C=O) groups excluding carboxylic acids is 2. The number of ether oxygens (including phenoxy) is 1. The Morgan fingerprint density at radius 1 is 1.29 bits per heavy atom. The summed E-state index contributed by atoms with van der Waals surface area (Å²) in [7, 11) is 0. The third kappa shape index (κ3) is 1.82. The van der Waals surface area contributed by atoms with Crippen LogP contribution in [0.2, 0.25) is 0 Å². The van der Waals surface area contributed by atoms with Gasteiger partial charge in [0.2, 0.25) is 11.8 Å². The molecule has 17 heavy (non-hydrogen) atoms. The molecule has 7 heteroatoms. The molecule has 2 aliphatic rings. The fraction of sp³-hybridized carbons (Fsp3) is 0.600. The van der Waals surface area contributed by atoms with E-state index in [0.717, 1.165) is 12.8 Å². The maximum Gasteiger partial charge on any atom is 0.325 e. The van der Waals surface area contributed by atoms with E-state index in [1.807, 2.05) is 0 Å². The van der Waals surface area contributed by atoms with Crippen molar-refractivity contribution in [3.63, 3.8) is 0 Å². The molecule has 0 saturated carbocycles. The number of aromatic nitrogens is 2. The van der Waals surface area contributed by atoms with Crippen molar-refractivity contribution >= 4 is 17.7 Å². The average molecular weight is 237 g/mol. The van der Waals surface area contributed by atoms with Gasteiger partial charge in [-0.25, -0.2) is 0 Å². The average Bonchev–Trinajstić information content (AvgIpc) is 2.97. The van der Waals surface area contributed by atoms with Crippen LogP contribution >= 0.6 is 0 Å². The molecule has 0 spiro atoms. The summed E-state index contributed by atoms with van der Waals surface area (Å²) in [5, 5.41) is 7.64. The molecule has 1 aromatic heterocycles. The van der Waals surface area contributed by atoms with Crippen LogP contribution in [0.25, 0.3) is 0 Å². The van der Waals surface area contributed by atoms with Crippen molar-refractivity contribution in [3.05, 3.63) is 5.89 Å². The smallest absolute Gasteiger partial charge is 0.325 e. The van der Waals surface area contributed by atoms with Crippen molar-refractivity contribution in [2.45, 2.75) is 25.4 Å². The summed E-state index contributed by atoms with van der Waals surface area (Å²) in [5.41, 5.74) is 0. The van der Waals surface area contributed by atoms with Gasteiger partial charge in [-0.15, -0.1) is 5.10 Å². The highest BCUT2D eigenvalue weighted by atomic mass is 16.5. The summed E-state index contributed by atoms with van der Waals surface area (Å²) < 4.78 is 10.8. The van der Waals surface area contributed by atoms with Gasteiger partial charge in [-0.1, -0.05) is 5.10 Å². The third-order valence-electron chi connectivity index (χ3n) is 2.85. The van der Waals surface area contributed by atoms with Crippen LogP contribution in [0.4, 0.5) is 6.01 Å². The Morgan fingerprint density at radius 3 is 2.82 bits per heavy atom. The van der Waals surface area contributed by atoms with E-state index in [4.69, 9.17) is 9.15 Å². The highest BCUT2D eigenvalue weighted by molar-refractivity contribution is 6.14. The molecule has 1 aromatic rings. The number of hydrogen-bond acceptors (Lipinski definition) is 6. The lowest BCUT2D eigenvalue weighted by Crippen LogP contribution is -2.24. The second kappa shape index (κ2) is 3.92. The van der Waals surface area contributed by atoms with Gasteiger partial charge in [-0.05, 0) is 12.8 Å². The molecule has 2 fully saturated rings. The molecule has 0 N–H and O–H groups in total. The molecule has 2 aliphatic heterocycles. The van der Waals surface area contributed by atoms with Crippen LogP contribution in [-0.4, -0.2) is 35.0 Å². The minimum atomic E-state index is -0.294. The SMILES string of the molecule is O=C1CC(=O)N(c2nnc(C3CCCO3)o2)C1. The molecule has 0 bridgehead atoms. The van der Waals surface area contributed by atoms with Crippen molar-refractivity contribution in [2.24, 2.45) is 0 Å². The van der Waals surface area contributed by atoms with Crippen LogP contribution in [0.3, 0.4) is 0 Å². The fourth-order valence-electron chi connectivity index (χ4n) is 2.00. The molecule has 1 amide bonds. The molecular formula is C10H11N3O4. The number of Topliss-reactive ketones (excluding diaryl/α,β-unsaturated/α-hetero) is 1. The third-order valence-corrected chi connectivity index (χ3v) is 2.85. The molecule has 7 nitrogen and oxygen atoms in total. The van der Waals surface area contributed by atoms with Crippen LogP contribution in [-0.2, 0) is 14.3 Å². The summed E-state index contributed by atoms with van der Waals surface area (Å²) in [6.45, 7) is 0.704. The van der Waals surface area contributed by atoms with Gasteiger partial charge < -0.3 is 9.15 Å². The maximum atomic E-state index is 11.5. The standard InChI is InChI=1S/C10H11N3O4/c14-6-4-8(15)13(5-6)10-12-11-9(17-10)7-2-1-3-16-7/h7H,1-5H2. The number of anilines is 1. The van der Waals surface area contributed by atoms with Crippen LogP contribution in [0.15, 0.2) is 4.42 Å². The molecule has 0 radical (unpaired) electrons. The highest BCUT2D eigenvalue weighted by Gasteiger charge is 2.33. The van der Waals surface area contributed by atoms with Crippen molar-refractivity contribution < 1.29 is 18.7 Å². The van der Waals surface area contributed by atoms with E-state index in [1.54, 1.807) is 0 Å². The number of rotatable bonds is 2. The van der Waals surface area contributed by atoms with Gasteiger partial charge in [0.05, 0.1) is 13.0 Å². The van der Waals surface area contributed by atoms with E-state index in [1.165, 1.54) is 4.90 Å². The zero-order chi connectivity index (χ0) is 11.8. The minimum absolute atomic E-state index is 0.0198. The van der Waals surface area contributed by atoms with E-state index < -0.39 is 0 Å². The summed E-state index contributed by atoms with van der Waals surface area (Å²) in [6, 6.07) is 0.0892. The monoisotopic (exact) mass is 237 g/mol. The fourth-order valence-corrected chi connectivity index (χ4v) is 2.00. The Labute approximate surface area is 96.7 Å². The summed E-state index contributed by atoms with van der Waals surface area (Å²) in [4.78, 5) is 23.8. The lowest BCUT2D eigenvalue weighted by molar-refractivity contribution is -0.121. The minimum Gasteiger partial charge on any atom is -0.405 e. The lowest BCUT2D eigenvalue weighted by Gasteiger charge is -2.07. The number of nitrogens with zero attached hydrogens (tertiary/aromatic N) is 3. The number of amides is 1. The molecule has 2 saturated heterocycles. The van der Waals surface area contributed by atoms with Gasteiger partial charge >= 0.3 is 6.01 Å². The van der Waals surface area contributed by atoms with Crippen molar-refractivity contribution in [3.8, 4) is 0 Å². The quantitative estimate of drug-likeness (QED) is 0.684. The van der Waals surface area contributed by atoms with Gasteiger partial charge in [0.15, 0.2) is 5.78 Å². The predicted molar refractivity (Wildman–Crippen MR) is 54.2 cm³/mol. The molecule has 3 heterocycles. The summed E-state index contributed by atoms with van der Waals surface area (Å²) in [5.74, 6) is -0.0472. The first-order valence-corrected chi connectivity index (χ1v) is 5.51. The second-order valence-corrected chi connectivity index (χ2v) is 4.12. The molecule has 90 valence electrons. The van der Waals surface area contributed by atoms with E-state index in [0.29, 0.717) is 12.5 Å². The largest absolute Gasteiger partial charge is 0.405 e. The highest BCUT2D eigenvalue weighted by Crippen LogP contribution is 2.29. The summed E-state index contributed by atoms with van der Waals surface area (Å²) >= 11 is 0. The zero-order valence-electron chi connectivity index (χ0n) is 9.09. The van der Waals surface area contributed by atoms with Gasteiger partial charge in [-0.3, -0.25) is 14.5 Å². The molecule has 1 unspecified atom stereocenters. The Morgan fingerprint density at radius 2 is 2.18 bits per heavy atom. The first-order valence-electron chi connectivity index (χ1n) is 5.51. The molecule has 0 aliphatic carbocycles. The Hall–Kier alpha value is -1.76. The van der Waals surface area contributed by atoms with Gasteiger partial charge in [0.25, 0.3) is 0 Å². The summed E-state index contributed by atoms with van der Waals surface area (Å²) in [6.07, 6.45) is 1.54. The number of ketones is 1. The van der Waals surface area contributed by atoms with E-state index >= 15 is 0 Å². The van der Waals surface area contributed by atoms with Gasteiger partial charge in [0, 0.05) is 6.61 Å².